The Morgan fingerprint density at radius 2 is 1.79 bits per heavy atom. The highest BCUT2D eigenvalue weighted by atomic mass is 16.2. The van der Waals surface area contributed by atoms with Gasteiger partial charge in [0.1, 0.15) is 0 Å². The van der Waals surface area contributed by atoms with Crippen molar-refractivity contribution in [1.82, 2.24) is 14.7 Å². The molecular formula is C17H23N5O2. The minimum atomic E-state index is -0.517. The van der Waals surface area contributed by atoms with Crippen molar-refractivity contribution in [2.24, 2.45) is 5.73 Å². The molecule has 1 aromatic carbocycles. The second-order valence-corrected chi connectivity index (χ2v) is 5.41. The molecule has 0 radical (unpaired) electrons. The second kappa shape index (κ2) is 8.26. The highest BCUT2D eigenvalue weighted by molar-refractivity contribution is 6.04. The third kappa shape index (κ3) is 4.66. The molecule has 3 N–H and O–H groups in total. The number of anilines is 1. The SMILES string of the molecule is CCN(CC)CCn1cc(NC(=O)c2ccc(C(N)=O)cc2)cn1. The third-order valence-electron chi connectivity index (χ3n) is 3.86. The zero-order chi connectivity index (χ0) is 17.5. The Kier molecular flexibility index (Phi) is 6.08. The summed E-state index contributed by atoms with van der Waals surface area (Å²) >= 11 is 0. The van der Waals surface area contributed by atoms with Gasteiger partial charge in [0.15, 0.2) is 0 Å². The van der Waals surface area contributed by atoms with Crippen LogP contribution in [0, 0.1) is 0 Å². The largest absolute Gasteiger partial charge is 0.366 e. The first-order valence-corrected chi connectivity index (χ1v) is 7.99. The van der Waals surface area contributed by atoms with Crippen LogP contribution in [0.3, 0.4) is 0 Å². The lowest BCUT2D eigenvalue weighted by atomic mass is 10.1. The Morgan fingerprint density at radius 3 is 2.38 bits per heavy atom. The van der Waals surface area contributed by atoms with Crippen molar-refractivity contribution in [2.75, 3.05) is 25.0 Å². The van der Waals surface area contributed by atoms with Crippen molar-refractivity contribution in [1.29, 1.82) is 0 Å². The number of hydrogen-bond acceptors (Lipinski definition) is 4. The van der Waals surface area contributed by atoms with Crippen molar-refractivity contribution in [3.8, 4) is 0 Å². The maximum atomic E-state index is 12.2. The van der Waals surface area contributed by atoms with E-state index in [-0.39, 0.29) is 5.91 Å². The lowest BCUT2D eigenvalue weighted by Gasteiger charge is -2.17. The average molecular weight is 329 g/mol. The van der Waals surface area contributed by atoms with Gasteiger partial charge in [-0.25, -0.2) is 0 Å². The molecule has 0 atom stereocenters. The van der Waals surface area contributed by atoms with E-state index in [1.54, 1.807) is 24.5 Å². The van der Waals surface area contributed by atoms with Gasteiger partial charge in [-0.3, -0.25) is 14.3 Å². The Labute approximate surface area is 141 Å². The fourth-order valence-corrected chi connectivity index (χ4v) is 2.32. The predicted octanol–water partition coefficient (Wildman–Crippen LogP) is 1.58. The summed E-state index contributed by atoms with van der Waals surface area (Å²) in [4.78, 5) is 25.5. The minimum absolute atomic E-state index is 0.255. The first-order valence-electron chi connectivity index (χ1n) is 7.99. The molecule has 2 amide bonds. The summed E-state index contributed by atoms with van der Waals surface area (Å²) in [7, 11) is 0. The molecule has 0 aliphatic heterocycles. The van der Waals surface area contributed by atoms with Crippen LogP contribution in [0.2, 0.25) is 0 Å². The number of primary amides is 1. The number of benzene rings is 1. The highest BCUT2D eigenvalue weighted by Gasteiger charge is 2.09. The molecule has 2 aromatic rings. The average Bonchev–Trinajstić information content (AvgIpc) is 3.03. The fourth-order valence-electron chi connectivity index (χ4n) is 2.32. The van der Waals surface area contributed by atoms with Gasteiger partial charge in [0, 0.05) is 23.9 Å². The molecule has 0 unspecified atom stereocenters. The molecule has 24 heavy (non-hydrogen) atoms. The molecule has 0 saturated carbocycles. The first-order chi connectivity index (χ1) is 11.5. The van der Waals surface area contributed by atoms with E-state index in [0.29, 0.717) is 16.8 Å². The number of likely N-dealkylation sites (N-methyl/N-ethyl adjacent to an activating group) is 1. The molecule has 0 spiro atoms. The number of carbonyl (C=O) groups is 2. The van der Waals surface area contributed by atoms with Gasteiger partial charge in [-0.15, -0.1) is 0 Å². The Morgan fingerprint density at radius 1 is 1.17 bits per heavy atom. The summed E-state index contributed by atoms with van der Waals surface area (Å²) in [5.74, 6) is -0.772. The summed E-state index contributed by atoms with van der Waals surface area (Å²) in [6, 6.07) is 6.20. The molecule has 7 nitrogen and oxygen atoms in total. The van der Waals surface area contributed by atoms with Crippen LogP contribution in [0.15, 0.2) is 36.7 Å². The highest BCUT2D eigenvalue weighted by Crippen LogP contribution is 2.10. The molecule has 0 aliphatic rings. The van der Waals surface area contributed by atoms with Gasteiger partial charge < -0.3 is 16.0 Å². The van der Waals surface area contributed by atoms with Crippen LogP contribution >= 0.6 is 0 Å². The summed E-state index contributed by atoms with van der Waals surface area (Å²) in [6.45, 7) is 7.94. The summed E-state index contributed by atoms with van der Waals surface area (Å²) in [5, 5.41) is 7.05. The number of aromatic nitrogens is 2. The van der Waals surface area contributed by atoms with E-state index in [1.807, 2.05) is 4.68 Å². The van der Waals surface area contributed by atoms with Crippen molar-refractivity contribution in [3.63, 3.8) is 0 Å². The molecular weight excluding hydrogens is 306 g/mol. The van der Waals surface area contributed by atoms with Crippen molar-refractivity contribution in [2.45, 2.75) is 20.4 Å². The fraction of sp³-hybridized carbons (Fsp3) is 0.353. The third-order valence-corrected chi connectivity index (χ3v) is 3.86. The molecule has 1 heterocycles. The number of nitrogens with zero attached hydrogens (tertiary/aromatic N) is 3. The van der Waals surface area contributed by atoms with Crippen LogP contribution in [-0.4, -0.2) is 46.1 Å². The van der Waals surface area contributed by atoms with Gasteiger partial charge in [0.2, 0.25) is 5.91 Å². The molecule has 0 saturated heterocycles. The zero-order valence-electron chi connectivity index (χ0n) is 14.0. The maximum absolute atomic E-state index is 12.2. The molecule has 1 aromatic heterocycles. The number of rotatable bonds is 8. The maximum Gasteiger partial charge on any atom is 0.255 e. The summed E-state index contributed by atoms with van der Waals surface area (Å²) < 4.78 is 1.81. The molecule has 7 heteroatoms. The topological polar surface area (TPSA) is 93.2 Å². The summed E-state index contributed by atoms with van der Waals surface area (Å²) in [6.07, 6.45) is 3.43. The number of amides is 2. The smallest absolute Gasteiger partial charge is 0.255 e. The second-order valence-electron chi connectivity index (χ2n) is 5.41. The van der Waals surface area contributed by atoms with Gasteiger partial charge >= 0.3 is 0 Å². The van der Waals surface area contributed by atoms with Crippen molar-refractivity contribution in [3.05, 3.63) is 47.8 Å². The zero-order valence-corrected chi connectivity index (χ0v) is 14.0. The number of nitrogens with one attached hydrogen (secondary N) is 1. The van der Waals surface area contributed by atoms with E-state index in [0.717, 1.165) is 26.2 Å². The minimum Gasteiger partial charge on any atom is -0.366 e. The Hall–Kier alpha value is -2.67. The van der Waals surface area contributed by atoms with E-state index >= 15 is 0 Å². The first kappa shape index (κ1) is 17.7. The van der Waals surface area contributed by atoms with Crippen LogP contribution in [0.1, 0.15) is 34.6 Å². The molecule has 0 fully saturated rings. The van der Waals surface area contributed by atoms with Gasteiger partial charge in [-0.2, -0.15) is 5.10 Å². The van der Waals surface area contributed by atoms with E-state index in [9.17, 15) is 9.59 Å². The van der Waals surface area contributed by atoms with Crippen LogP contribution in [0.25, 0.3) is 0 Å². The van der Waals surface area contributed by atoms with Crippen LogP contribution in [-0.2, 0) is 6.54 Å². The lowest BCUT2D eigenvalue weighted by Crippen LogP contribution is -2.27. The standard InChI is InChI=1S/C17H23N5O2/c1-3-21(4-2)9-10-22-12-15(11-19-22)20-17(24)14-7-5-13(6-8-14)16(18)23/h5-8,11-12H,3-4,9-10H2,1-2H3,(H2,18,23)(H,20,24). The lowest BCUT2D eigenvalue weighted by molar-refractivity contribution is 0.0995. The van der Waals surface area contributed by atoms with Gasteiger partial charge in [0.05, 0.1) is 18.4 Å². The summed E-state index contributed by atoms with van der Waals surface area (Å²) in [5.41, 5.74) is 6.65. The predicted molar refractivity (Wildman–Crippen MR) is 92.9 cm³/mol. The van der Waals surface area contributed by atoms with Gasteiger partial charge in [-0.05, 0) is 37.4 Å². The Bertz CT molecular complexity index is 689. The van der Waals surface area contributed by atoms with Gasteiger partial charge in [0.25, 0.3) is 5.91 Å². The van der Waals surface area contributed by atoms with Crippen molar-refractivity contribution < 1.29 is 9.59 Å². The molecule has 0 bridgehead atoms. The number of nitrogens with two attached hydrogens (primary N) is 1. The molecule has 0 aliphatic carbocycles. The normalized spacial score (nSPS) is 10.8. The number of carbonyl (C=O) groups excluding carboxylic acids is 2. The van der Waals surface area contributed by atoms with Crippen LogP contribution in [0.4, 0.5) is 5.69 Å². The monoisotopic (exact) mass is 329 g/mol. The van der Waals surface area contributed by atoms with Crippen LogP contribution < -0.4 is 11.1 Å². The van der Waals surface area contributed by atoms with Gasteiger partial charge in [-0.1, -0.05) is 13.8 Å². The van der Waals surface area contributed by atoms with E-state index in [4.69, 9.17) is 5.73 Å². The van der Waals surface area contributed by atoms with Crippen molar-refractivity contribution >= 4 is 17.5 Å². The van der Waals surface area contributed by atoms with E-state index in [1.165, 1.54) is 12.1 Å². The van der Waals surface area contributed by atoms with Crippen LogP contribution in [0.5, 0.6) is 0 Å². The molecule has 128 valence electrons. The quantitative estimate of drug-likeness (QED) is 0.769. The van der Waals surface area contributed by atoms with E-state index in [2.05, 4.69) is 29.2 Å². The number of hydrogen-bond donors (Lipinski definition) is 2. The van der Waals surface area contributed by atoms with E-state index < -0.39 is 5.91 Å². The Balaban J connectivity index is 1.93. The molecule has 2 rings (SSSR count).